The van der Waals surface area contributed by atoms with E-state index in [9.17, 15) is 9.59 Å². The Kier molecular flexibility index (Phi) is 5.85. The number of aromatic nitrogens is 1. The number of methoxy groups -OCH3 is 1. The quantitative estimate of drug-likeness (QED) is 0.665. The van der Waals surface area contributed by atoms with Gasteiger partial charge >= 0.3 is 6.09 Å². The molecular formula is C20H28BrN3O4. The molecule has 154 valence electrons. The minimum atomic E-state index is -0.620. The summed E-state index contributed by atoms with van der Waals surface area (Å²) in [6.45, 7) is 6.31. The first kappa shape index (κ1) is 21.2. The molecule has 8 heteroatoms. The zero-order valence-electron chi connectivity index (χ0n) is 16.8. The van der Waals surface area contributed by atoms with Crippen LogP contribution in [-0.2, 0) is 27.3 Å². The summed E-state index contributed by atoms with van der Waals surface area (Å²) < 4.78 is 11.4. The molecular weight excluding hydrogens is 426 g/mol. The molecule has 1 aromatic rings. The molecule has 1 aliphatic heterocycles. The van der Waals surface area contributed by atoms with Gasteiger partial charge < -0.3 is 15.2 Å². The molecule has 2 heterocycles. The fourth-order valence-corrected chi connectivity index (χ4v) is 4.35. The molecule has 3 atom stereocenters. The van der Waals surface area contributed by atoms with Crippen molar-refractivity contribution in [2.45, 2.75) is 64.3 Å². The van der Waals surface area contributed by atoms with E-state index in [1.54, 1.807) is 12.0 Å². The average molecular weight is 454 g/mol. The van der Waals surface area contributed by atoms with Crippen molar-refractivity contribution in [2.75, 3.05) is 13.7 Å². The molecule has 0 radical (unpaired) electrons. The van der Waals surface area contributed by atoms with Crippen LogP contribution >= 0.6 is 15.9 Å². The Balaban J connectivity index is 1.82. The number of fused-ring (bicyclic) bond motifs is 1. The number of carbonyl (C=O) groups is 2. The van der Waals surface area contributed by atoms with Crippen LogP contribution in [0.15, 0.2) is 16.7 Å². The molecule has 2 fully saturated rings. The Morgan fingerprint density at radius 1 is 1.36 bits per heavy atom. The standard InChI is InChI=1S/C20H28BrN3O4/c1-19(2,3)28-18(26)24-14(8-20(11-22)9-16(20)24)15(25)7-13-12(10-27-4)5-6-17(21)23-13/h5-6,14,16H,7-11,22H2,1-4H3/t14-,16+,20-/m0/s1. The van der Waals surface area contributed by atoms with E-state index >= 15 is 0 Å². The highest BCUT2D eigenvalue weighted by molar-refractivity contribution is 9.10. The molecule has 1 aromatic heterocycles. The van der Waals surface area contributed by atoms with E-state index in [-0.39, 0.29) is 23.7 Å². The number of rotatable bonds is 6. The van der Waals surface area contributed by atoms with Gasteiger partial charge in [-0.2, -0.15) is 0 Å². The van der Waals surface area contributed by atoms with E-state index in [0.717, 1.165) is 12.0 Å². The number of carbonyl (C=O) groups excluding carboxylic acids is 2. The van der Waals surface area contributed by atoms with Gasteiger partial charge in [-0.25, -0.2) is 9.78 Å². The van der Waals surface area contributed by atoms with Crippen LogP contribution in [0.4, 0.5) is 4.79 Å². The molecule has 0 unspecified atom stereocenters. The number of ether oxygens (including phenoxy) is 2. The molecule has 3 rings (SSSR count). The zero-order chi connectivity index (χ0) is 20.7. The molecule has 2 N–H and O–H groups in total. The van der Waals surface area contributed by atoms with Crippen LogP contribution in [0.25, 0.3) is 0 Å². The first-order valence-corrected chi connectivity index (χ1v) is 10.3. The van der Waals surface area contributed by atoms with Crippen molar-refractivity contribution in [2.24, 2.45) is 11.1 Å². The van der Waals surface area contributed by atoms with Gasteiger partial charge in [0, 0.05) is 25.1 Å². The molecule has 0 spiro atoms. The van der Waals surface area contributed by atoms with Crippen molar-refractivity contribution in [3.8, 4) is 0 Å². The summed E-state index contributed by atoms with van der Waals surface area (Å²) >= 11 is 3.36. The first-order valence-electron chi connectivity index (χ1n) is 9.47. The summed E-state index contributed by atoms with van der Waals surface area (Å²) in [7, 11) is 1.60. The number of pyridine rings is 1. The predicted octanol–water partition coefficient (Wildman–Crippen LogP) is 2.83. The topological polar surface area (TPSA) is 94.7 Å². The van der Waals surface area contributed by atoms with Crippen molar-refractivity contribution in [1.82, 2.24) is 9.88 Å². The maximum absolute atomic E-state index is 13.2. The van der Waals surface area contributed by atoms with Crippen LogP contribution in [0.3, 0.4) is 0 Å². The summed E-state index contributed by atoms with van der Waals surface area (Å²) in [5.41, 5.74) is 6.72. The minimum Gasteiger partial charge on any atom is -0.444 e. The lowest BCUT2D eigenvalue weighted by molar-refractivity contribution is -0.123. The third-order valence-electron chi connectivity index (χ3n) is 5.48. The van der Waals surface area contributed by atoms with Crippen LogP contribution in [0, 0.1) is 5.41 Å². The maximum atomic E-state index is 13.2. The van der Waals surface area contributed by atoms with Crippen LogP contribution in [-0.4, -0.2) is 53.1 Å². The molecule has 1 amide bonds. The fraction of sp³-hybridized carbons (Fsp3) is 0.650. The predicted molar refractivity (Wildman–Crippen MR) is 108 cm³/mol. The van der Waals surface area contributed by atoms with Crippen molar-refractivity contribution in [3.05, 3.63) is 28.0 Å². The monoisotopic (exact) mass is 453 g/mol. The van der Waals surface area contributed by atoms with Gasteiger partial charge in [-0.05, 0) is 61.2 Å². The van der Waals surface area contributed by atoms with Gasteiger partial charge in [0.15, 0.2) is 5.78 Å². The Morgan fingerprint density at radius 2 is 2.07 bits per heavy atom. The van der Waals surface area contributed by atoms with Gasteiger partial charge in [-0.1, -0.05) is 6.07 Å². The lowest BCUT2D eigenvalue weighted by Gasteiger charge is -2.30. The van der Waals surface area contributed by atoms with E-state index in [1.165, 1.54) is 0 Å². The van der Waals surface area contributed by atoms with Crippen LogP contribution in [0.5, 0.6) is 0 Å². The number of ketones is 1. The number of Topliss-reactive ketones (excluding diaryl/α,β-unsaturated/α-hetero) is 1. The summed E-state index contributed by atoms with van der Waals surface area (Å²) in [6, 6.07) is 3.16. The SMILES string of the molecule is COCc1ccc(Br)nc1CC(=O)[C@@H]1C[C@@]2(CN)C[C@H]2N1C(=O)OC(C)(C)C. The van der Waals surface area contributed by atoms with Crippen LogP contribution in [0.1, 0.15) is 44.9 Å². The largest absolute Gasteiger partial charge is 0.444 e. The highest BCUT2D eigenvalue weighted by Gasteiger charge is 2.66. The number of amides is 1. The van der Waals surface area contributed by atoms with E-state index < -0.39 is 17.7 Å². The highest BCUT2D eigenvalue weighted by Crippen LogP contribution is 2.59. The Morgan fingerprint density at radius 3 is 2.68 bits per heavy atom. The van der Waals surface area contributed by atoms with Crippen LogP contribution in [0.2, 0.25) is 0 Å². The molecule has 7 nitrogen and oxygen atoms in total. The average Bonchev–Trinajstić information content (AvgIpc) is 3.20. The number of piperidine rings is 1. The number of hydrogen-bond acceptors (Lipinski definition) is 6. The molecule has 0 bridgehead atoms. The van der Waals surface area contributed by atoms with Crippen molar-refractivity contribution in [1.29, 1.82) is 0 Å². The van der Waals surface area contributed by atoms with Crippen molar-refractivity contribution < 1.29 is 19.1 Å². The molecule has 2 aliphatic rings. The van der Waals surface area contributed by atoms with Gasteiger partial charge in [0.1, 0.15) is 10.2 Å². The Labute approximate surface area is 174 Å². The number of halogens is 1. The van der Waals surface area contributed by atoms with Gasteiger partial charge in [-0.15, -0.1) is 0 Å². The molecule has 0 aromatic carbocycles. The third-order valence-corrected chi connectivity index (χ3v) is 5.92. The summed E-state index contributed by atoms with van der Waals surface area (Å²) in [6.07, 6.45) is 1.11. The number of likely N-dealkylation sites (tertiary alicyclic amines) is 1. The third kappa shape index (κ3) is 4.23. The minimum absolute atomic E-state index is 0.0183. The first-order chi connectivity index (χ1) is 13.1. The lowest BCUT2D eigenvalue weighted by Crippen LogP contribution is -2.46. The van der Waals surface area contributed by atoms with Gasteiger partial charge in [0.05, 0.1) is 24.8 Å². The summed E-state index contributed by atoms with van der Waals surface area (Å²) in [5, 5.41) is 0. The second kappa shape index (κ2) is 7.72. The number of nitrogens with two attached hydrogens (primary N) is 1. The van der Waals surface area contributed by atoms with Crippen LogP contribution < -0.4 is 5.73 Å². The van der Waals surface area contributed by atoms with Crippen molar-refractivity contribution >= 4 is 27.8 Å². The highest BCUT2D eigenvalue weighted by atomic mass is 79.9. The Hall–Kier alpha value is -1.51. The zero-order valence-corrected chi connectivity index (χ0v) is 18.4. The lowest BCUT2D eigenvalue weighted by atomic mass is 9.95. The van der Waals surface area contributed by atoms with Gasteiger partial charge in [0.25, 0.3) is 0 Å². The second-order valence-electron chi connectivity index (χ2n) is 8.71. The summed E-state index contributed by atoms with van der Waals surface area (Å²) in [4.78, 5) is 32.1. The smallest absolute Gasteiger partial charge is 0.411 e. The summed E-state index contributed by atoms with van der Waals surface area (Å²) in [5.74, 6) is -0.0474. The van der Waals surface area contributed by atoms with Gasteiger partial charge in [0.2, 0.25) is 0 Å². The van der Waals surface area contributed by atoms with E-state index in [2.05, 4.69) is 20.9 Å². The molecule has 1 saturated heterocycles. The fourth-order valence-electron chi connectivity index (χ4n) is 4.01. The molecule has 28 heavy (non-hydrogen) atoms. The van der Waals surface area contributed by atoms with Crippen molar-refractivity contribution in [3.63, 3.8) is 0 Å². The molecule has 1 aliphatic carbocycles. The maximum Gasteiger partial charge on any atom is 0.411 e. The van der Waals surface area contributed by atoms with Gasteiger partial charge in [-0.3, -0.25) is 9.69 Å². The van der Waals surface area contributed by atoms with E-state index in [0.29, 0.717) is 29.9 Å². The van der Waals surface area contributed by atoms with E-state index in [4.69, 9.17) is 15.2 Å². The molecule has 1 saturated carbocycles. The second-order valence-corrected chi connectivity index (χ2v) is 9.52. The van der Waals surface area contributed by atoms with E-state index in [1.807, 2.05) is 32.9 Å². The number of nitrogens with zero attached hydrogens (tertiary/aromatic N) is 2. The Bertz CT molecular complexity index is 779. The normalized spacial score (nSPS) is 26.1. The number of hydrogen-bond donors (Lipinski definition) is 1.